The van der Waals surface area contributed by atoms with E-state index in [0.29, 0.717) is 6.54 Å². The van der Waals surface area contributed by atoms with Crippen LogP contribution in [0, 0.1) is 11.6 Å². The topological polar surface area (TPSA) is 44.4 Å². The van der Waals surface area contributed by atoms with Gasteiger partial charge in [0.15, 0.2) is 0 Å². The summed E-state index contributed by atoms with van der Waals surface area (Å²) in [5, 5.41) is 5.76. The lowest BCUT2D eigenvalue weighted by Crippen LogP contribution is -2.55. The number of halogens is 2. The Hall–Kier alpha value is -1.53. The molecule has 1 amide bonds. The Morgan fingerprint density at radius 3 is 3.00 bits per heavy atom. The third-order valence-electron chi connectivity index (χ3n) is 3.16. The Morgan fingerprint density at radius 2 is 2.32 bits per heavy atom. The Kier molecular flexibility index (Phi) is 4.44. The summed E-state index contributed by atoms with van der Waals surface area (Å²) in [6, 6.07) is 3.04. The SMILES string of the molecule is CN1CCNC(C(=O)NCc2ccc(F)cc2F)C1. The highest BCUT2D eigenvalue weighted by Gasteiger charge is 2.23. The van der Waals surface area contributed by atoms with Crippen LogP contribution in [0.25, 0.3) is 0 Å². The fourth-order valence-electron chi connectivity index (χ4n) is 2.04. The van der Waals surface area contributed by atoms with Crippen LogP contribution in [-0.2, 0) is 11.3 Å². The number of benzene rings is 1. The Morgan fingerprint density at radius 1 is 1.53 bits per heavy atom. The van der Waals surface area contributed by atoms with Gasteiger partial charge in [0.25, 0.3) is 0 Å². The summed E-state index contributed by atoms with van der Waals surface area (Å²) in [7, 11) is 1.95. The lowest BCUT2D eigenvalue weighted by molar-refractivity contribution is -0.124. The summed E-state index contributed by atoms with van der Waals surface area (Å²) in [5.41, 5.74) is 0.277. The summed E-state index contributed by atoms with van der Waals surface area (Å²) < 4.78 is 26.1. The van der Waals surface area contributed by atoms with E-state index in [-0.39, 0.29) is 24.1 Å². The minimum absolute atomic E-state index is 0.0623. The summed E-state index contributed by atoms with van der Waals surface area (Å²) in [5.74, 6) is -1.44. The van der Waals surface area contributed by atoms with Crippen molar-refractivity contribution >= 4 is 5.91 Å². The van der Waals surface area contributed by atoms with Crippen molar-refractivity contribution in [2.75, 3.05) is 26.7 Å². The molecule has 1 saturated heterocycles. The van der Waals surface area contributed by atoms with Crippen LogP contribution in [-0.4, -0.2) is 43.5 Å². The third kappa shape index (κ3) is 3.71. The van der Waals surface area contributed by atoms with Gasteiger partial charge in [-0.25, -0.2) is 8.78 Å². The number of piperazine rings is 1. The lowest BCUT2D eigenvalue weighted by Gasteiger charge is -2.29. The number of hydrogen-bond acceptors (Lipinski definition) is 3. The van der Waals surface area contributed by atoms with Crippen molar-refractivity contribution in [3.8, 4) is 0 Å². The van der Waals surface area contributed by atoms with Crippen molar-refractivity contribution in [2.24, 2.45) is 0 Å². The van der Waals surface area contributed by atoms with E-state index >= 15 is 0 Å². The molecule has 19 heavy (non-hydrogen) atoms. The smallest absolute Gasteiger partial charge is 0.238 e. The predicted octanol–water partition coefficient (Wildman–Crippen LogP) is 0.485. The molecule has 0 aliphatic carbocycles. The van der Waals surface area contributed by atoms with Gasteiger partial charge in [0.05, 0.1) is 6.04 Å². The molecule has 1 aliphatic rings. The zero-order valence-electron chi connectivity index (χ0n) is 10.7. The first kappa shape index (κ1) is 13.9. The fourth-order valence-corrected chi connectivity index (χ4v) is 2.04. The van der Waals surface area contributed by atoms with E-state index in [9.17, 15) is 13.6 Å². The minimum atomic E-state index is -0.644. The Balaban J connectivity index is 1.89. The maximum atomic E-state index is 13.4. The molecule has 0 aromatic heterocycles. The van der Waals surface area contributed by atoms with E-state index in [1.807, 2.05) is 7.05 Å². The first-order valence-corrected chi connectivity index (χ1v) is 6.20. The average Bonchev–Trinajstić information content (AvgIpc) is 2.37. The number of nitrogens with zero attached hydrogens (tertiary/aromatic N) is 1. The van der Waals surface area contributed by atoms with Crippen LogP contribution in [0.15, 0.2) is 18.2 Å². The molecule has 6 heteroatoms. The van der Waals surface area contributed by atoms with Crippen molar-refractivity contribution in [3.05, 3.63) is 35.4 Å². The van der Waals surface area contributed by atoms with Crippen molar-refractivity contribution in [2.45, 2.75) is 12.6 Å². The average molecular weight is 269 g/mol. The van der Waals surface area contributed by atoms with Gasteiger partial charge < -0.3 is 15.5 Å². The van der Waals surface area contributed by atoms with Gasteiger partial charge in [-0.3, -0.25) is 4.79 Å². The van der Waals surface area contributed by atoms with Crippen LogP contribution in [0.3, 0.4) is 0 Å². The van der Waals surface area contributed by atoms with Crippen LogP contribution in [0.2, 0.25) is 0 Å². The zero-order valence-corrected chi connectivity index (χ0v) is 10.7. The highest BCUT2D eigenvalue weighted by atomic mass is 19.1. The first-order valence-electron chi connectivity index (χ1n) is 6.20. The summed E-state index contributed by atoms with van der Waals surface area (Å²) in [4.78, 5) is 14.0. The van der Waals surface area contributed by atoms with E-state index < -0.39 is 11.6 Å². The predicted molar refractivity (Wildman–Crippen MR) is 67.5 cm³/mol. The number of likely N-dealkylation sites (N-methyl/N-ethyl adjacent to an activating group) is 1. The van der Waals surface area contributed by atoms with Gasteiger partial charge in [-0.2, -0.15) is 0 Å². The van der Waals surface area contributed by atoms with Gasteiger partial charge in [-0.05, 0) is 13.1 Å². The molecule has 0 saturated carbocycles. The first-order chi connectivity index (χ1) is 9.06. The fraction of sp³-hybridized carbons (Fsp3) is 0.462. The summed E-state index contributed by atoms with van der Waals surface area (Å²) >= 11 is 0. The van der Waals surface area contributed by atoms with Crippen LogP contribution >= 0.6 is 0 Å². The monoisotopic (exact) mass is 269 g/mol. The van der Waals surface area contributed by atoms with Gasteiger partial charge in [0, 0.05) is 37.8 Å². The number of hydrogen-bond donors (Lipinski definition) is 2. The highest BCUT2D eigenvalue weighted by Crippen LogP contribution is 2.09. The van der Waals surface area contributed by atoms with Crippen molar-refractivity contribution in [1.29, 1.82) is 0 Å². The number of carbonyl (C=O) groups excluding carboxylic acids is 1. The van der Waals surface area contributed by atoms with Crippen molar-refractivity contribution in [3.63, 3.8) is 0 Å². The summed E-state index contributed by atoms with van der Waals surface area (Å²) in [6.45, 7) is 2.33. The molecule has 0 bridgehead atoms. The zero-order chi connectivity index (χ0) is 13.8. The molecule has 1 aliphatic heterocycles. The molecular formula is C13H17F2N3O. The van der Waals surface area contributed by atoms with Crippen LogP contribution in [0.5, 0.6) is 0 Å². The maximum absolute atomic E-state index is 13.4. The van der Waals surface area contributed by atoms with E-state index in [2.05, 4.69) is 15.5 Å². The van der Waals surface area contributed by atoms with Gasteiger partial charge >= 0.3 is 0 Å². The summed E-state index contributed by atoms with van der Waals surface area (Å²) in [6.07, 6.45) is 0. The molecule has 4 nitrogen and oxygen atoms in total. The molecule has 1 unspecified atom stereocenters. The molecule has 0 radical (unpaired) electrons. The second-order valence-electron chi connectivity index (χ2n) is 4.72. The third-order valence-corrected chi connectivity index (χ3v) is 3.16. The van der Waals surface area contributed by atoms with Crippen molar-refractivity contribution in [1.82, 2.24) is 15.5 Å². The van der Waals surface area contributed by atoms with E-state index in [0.717, 1.165) is 19.2 Å². The van der Waals surface area contributed by atoms with Gasteiger partial charge in [0.1, 0.15) is 11.6 Å². The largest absolute Gasteiger partial charge is 0.351 e. The Bertz CT molecular complexity index is 467. The molecule has 104 valence electrons. The second-order valence-corrected chi connectivity index (χ2v) is 4.72. The van der Waals surface area contributed by atoms with Gasteiger partial charge in [0.2, 0.25) is 5.91 Å². The normalized spacial score (nSPS) is 20.3. The lowest BCUT2D eigenvalue weighted by atomic mass is 10.1. The minimum Gasteiger partial charge on any atom is -0.351 e. The molecule has 1 aromatic carbocycles. The highest BCUT2D eigenvalue weighted by molar-refractivity contribution is 5.82. The van der Waals surface area contributed by atoms with Crippen molar-refractivity contribution < 1.29 is 13.6 Å². The second kappa shape index (κ2) is 6.08. The number of rotatable bonds is 3. The number of nitrogens with one attached hydrogen (secondary N) is 2. The quantitative estimate of drug-likeness (QED) is 0.839. The van der Waals surface area contributed by atoms with E-state index in [4.69, 9.17) is 0 Å². The molecule has 1 aromatic rings. The molecule has 2 N–H and O–H groups in total. The van der Waals surface area contributed by atoms with Gasteiger partial charge in [-0.15, -0.1) is 0 Å². The van der Waals surface area contributed by atoms with E-state index in [1.165, 1.54) is 12.1 Å². The standard InChI is InChI=1S/C13H17F2N3O/c1-18-5-4-16-12(8-18)13(19)17-7-9-2-3-10(14)6-11(9)15/h2-3,6,12,16H,4-5,7-8H2,1H3,(H,17,19). The van der Waals surface area contributed by atoms with Crippen LogP contribution in [0.1, 0.15) is 5.56 Å². The van der Waals surface area contributed by atoms with E-state index in [1.54, 1.807) is 0 Å². The molecular weight excluding hydrogens is 252 g/mol. The van der Waals surface area contributed by atoms with Crippen LogP contribution < -0.4 is 10.6 Å². The molecule has 2 rings (SSSR count). The Labute approximate surface area is 110 Å². The maximum Gasteiger partial charge on any atom is 0.238 e. The number of carbonyl (C=O) groups is 1. The molecule has 1 atom stereocenters. The molecule has 1 fully saturated rings. The number of amides is 1. The molecule has 0 spiro atoms. The van der Waals surface area contributed by atoms with Crippen LogP contribution in [0.4, 0.5) is 8.78 Å². The van der Waals surface area contributed by atoms with Gasteiger partial charge in [-0.1, -0.05) is 6.07 Å². The molecule has 1 heterocycles.